The second kappa shape index (κ2) is 3.00. The maximum Gasteiger partial charge on any atom is 0.155 e. The maximum atomic E-state index is 11.0. The van der Waals surface area contributed by atoms with Crippen molar-refractivity contribution in [1.82, 2.24) is 0 Å². The minimum absolute atomic E-state index is 0.307. The van der Waals surface area contributed by atoms with Gasteiger partial charge in [0, 0.05) is 6.42 Å². The predicted molar refractivity (Wildman–Crippen MR) is 41.8 cm³/mol. The topological polar surface area (TPSA) is 17.1 Å². The van der Waals surface area contributed by atoms with E-state index in [2.05, 4.69) is 6.92 Å². The Morgan fingerprint density at radius 2 is 2.30 bits per heavy atom. The standard InChI is InChI=1S/C9H14O/c1-7-3-4-9(10)6-8(2)5-7/h6-7H,3-5H2,1-2H3. The molecule has 1 nitrogen and oxygen atoms in total. The summed E-state index contributed by atoms with van der Waals surface area (Å²) in [7, 11) is 0. The highest BCUT2D eigenvalue weighted by Crippen LogP contribution is 2.20. The number of allylic oxidation sites excluding steroid dienone is 2. The van der Waals surface area contributed by atoms with Crippen LogP contribution >= 0.6 is 0 Å². The Kier molecular flexibility index (Phi) is 2.25. The molecule has 0 saturated carbocycles. The zero-order chi connectivity index (χ0) is 7.56. The molecule has 0 aromatic rings. The highest BCUT2D eigenvalue weighted by atomic mass is 16.1. The van der Waals surface area contributed by atoms with Crippen molar-refractivity contribution < 1.29 is 4.79 Å². The summed E-state index contributed by atoms with van der Waals surface area (Å²) in [5.74, 6) is 1.00. The number of ketones is 1. The number of hydrogen-bond donors (Lipinski definition) is 0. The molecule has 0 saturated heterocycles. The fourth-order valence-corrected chi connectivity index (χ4v) is 1.45. The minimum Gasteiger partial charge on any atom is -0.295 e. The van der Waals surface area contributed by atoms with Crippen LogP contribution in [0.1, 0.15) is 33.1 Å². The molecule has 0 bridgehead atoms. The quantitative estimate of drug-likeness (QED) is 0.502. The van der Waals surface area contributed by atoms with Gasteiger partial charge in [0.15, 0.2) is 5.78 Å². The number of carbonyl (C=O) groups is 1. The number of rotatable bonds is 0. The molecular formula is C9H14O. The molecule has 1 unspecified atom stereocenters. The summed E-state index contributed by atoms with van der Waals surface area (Å²) in [6.07, 6.45) is 4.71. The van der Waals surface area contributed by atoms with Gasteiger partial charge >= 0.3 is 0 Å². The first-order valence-corrected chi connectivity index (χ1v) is 3.88. The van der Waals surface area contributed by atoms with Crippen LogP contribution in [0.15, 0.2) is 11.6 Å². The van der Waals surface area contributed by atoms with E-state index in [-0.39, 0.29) is 0 Å². The molecular weight excluding hydrogens is 124 g/mol. The van der Waals surface area contributed by atoms with Gasteiger partial charge in [-0.1, -0.05) is 12.5 Å². The lowest BCUT2D eigenvalue weighted by Gasteiger charge is -2.04. The molecule has 0 aromatic heterocycles. The minimum atomic E-state index is 0.307. The first kappa shape index (κ1) is 7.52. The third kappa shape index (κ3) is 1.98. The predicted octanol–water partition coefficient (Wildman–Crippen LogP) is 2.32. The van der Waals surface area contributed by atoms with Gasteiger partial charge in [-0.05, 0) is 31.8 Å². The van der Waals surface area contributed by atoms with Gasteiger partial charge in [-0.2, -0.15) is 0 Å². The van der Waals surface area contributed by atoms with Crippen LogP contribution in [0.25, 0.3) is 0 Å². The summed E-state index contributed by atoms with van der Waals surface area (Å²) in [5.41, 5.74) is 1.25. The Morgan fingerprint density at radius 3 is 3.00 bits per heavy atom. The summed E-state index contributed by atoms with van der Waals surface area (Å²) in [4.78, 5) is 11.0. The van der Waals surface area contributed by atoms with Crippen molar-refractivity contribution in [3.05, 3.63) is 11.6 Å². The molecule has 1 rings (SSSR count). The molecule has 0 aliphatic heterocycles. The van der Waals surface area contributed by atoms with E-state index in [1.54, 1.807) is 6.08 Å². The molecule has 0 aromatic carbocycles. The molecule has 1 aliphatic rings. The van der Waals surface area contributed by atoms with Crippen LogP contribution in [0.3, 0.4) is 0 Å². The highest BCUT2D eigenvalue weighted by Gasteiger charge is 2.10. The average Bonchev–Trinajstić information content (AvgIpc) is 1.93. The average molecular weight is 138 g/mol. The third-order valence-electron chi connectivity index (χ3n) is 1.96. The van der Waals surface area contributed by atoms with Gasteiger partial charge in [0.2, 0.25) is 0 Å². The van der Waals surface area contributed by atoms with E-state index in [0.29, 0.717) is 11.7 Å². The molecule has 1 atom stereocenters. The van der Waals surface area contributed by atoms with Gasteiger partial charge < -0.3 is 0 Å². The van der Waals surface area contributed by atoms with Gasteiger partial charge in [-0.15, -0.1) is 0 Å². The first-order valence-electron chi connectivity index (χ1n) is 3.88. The SMILES string of the molecule is CC1=CC(=O)CCC(C)C1. The summed E-state index contributed by atoms with van der Waals surface area (Å²) < 4.78 is 0. The number of carbonyl (C=O) groups excluding carboxylic acids is 1. The third-order valence-corrected chi connectivity index (χ3v) is 1.96. The van der Waals surface area contributed by atoms with E-state index in [9.17, 15) is 4.79 Å². The Balaban J connectivity index is 2.64. The Labute approximate surface area is 62.1 Å². The first-order chi connectivity index (χ1) is 4.68. The fourth-order valence-electron chi connectivity index (χ4n) is 1.45. The van der Waals surface area contributed by atoms with Gasteiger partial charge in [0.25, 0.3) is 0 Å². The Morgan fingerprint density at radius 1 is 1.60 bits per heavy atom. The fraction of sp³-hybridized carbons (Fsp3) is 0.667. The van der Waals surface area contributed by atoms with E-state index < -0.39 is 0 Å². The number of hydrogen-bond acceptors (Lipinski definition) is 1. The van der Waals surface area contributed by atoms with Crippen LogP contribution in [0.5, 0.6) is 0 Å². The van der Waals surface area contributed by atoms with Gasteiger partial charge in [0.1, 0.15) is 0 Å². The van der Waals surface area contributed by atoms with Crippen molar-refractivity contribution in [3.63, 3.8) is 0 Å². The zero-order valence-corrected chi connectivity index (χ0v) is 6.68. The van der Waals surface area contributed by atoms with Crippen LogP contribution in [0.2, 0.25) is 0 Å². The van der Waals surface area contributed by atoms with Crippen LogP contribution in [-0.2, 0) is 4.79 Å². The molecule has 0 spiro atoms. The lowest BCUT2D eigenvalue weighted by molar-refractivity contribution is -0.114. The second-order valence-corrected chi connectivity index (χ2v) is 3.30. The van der Waals surface area contributed by atoms with Crippen molar-refractivity contribution in [3.8, 4) is 0 Å². The monoisotopic (exact) mass is 138 g/mol. The van der Waals surface area contributed by atoms with Crippen LogP contribution in [-0.4, -0.2) is 5.78 Å². The molecule has 56 valence electrons. The largest absolute Gasteiger partial charge is 0.295 e. The van der Waals surface area contributed by atoms with Gasteiger partial charge in [0.05, 0.1) is 0 Å². The summed E-state index contributed by atoms with van der Waals surface area (Å²) in [5, 5.41) is 0. The van der Waals surface area contributed by atoms with Crippen LogP contribution in [0.4, 0.5) is 0 Å². The van der Waals surface area contributed by atoms with Crippen molar-refractivity contribution in [2.45, 2.75) is 33.1 Å². The van der Waals surface area contributed by atoms with Crippen molar-refractivity contribution >= 4 is 5.78 Å². The summed E-state index contributed by atoms with van der Waals surface area (Å²) >= 11 is 0. The molecule has 1 heteroatoms. The van der Waals surface area contributed by atoms with E-state index in [0.717, 1.165) is 19.3 Å². The molecule has 0 N–H and O–H groups in total. The molecule has 0 fully saturated rings. The molecule has 0 radical (unpaired) electrons. The summed E-state index contributed by atoms with van der Waals surface area (Å²) in [6, 6.07) is 0. The van der Waals surface area contributed by atoms with Gasteiger partial charge in [-0.3, -0.25) is 4.79 Å². The Hall–Kier alpha value is -0.590. The van der Waals surface area contributed by atoms with Crippen molar-refractivity contribution in [1.29, 1.82) is 0 Å². The van der Waals surface area contributed by atoms with Crippen molar-refractivity contribution in [2.75, 3.05) is 0 Å². The van der Waals surface area contributed by atoms with E-state index in [1.807, 2.05) is 6.92 Å². The van der Waals surface area contributed by atoms with Gasteiger partial charge in [-0.25, -0.2) is 0 Å². The zero-order valence-electron chi connectivity index (χ0n) is 6.68. The molecule has 10 heavy (non-hydrogen) atoms. The molecule has 1 aliphatic carbocycles. The highest BCUT2D eigenvalue weighted by molar-refractivity contribution is 5.90. The molecule has 0 heterocycles. The maximum absolute atomic E-state index is 11.0. The van der Waals surface area contributed by atoms with E-state index >= 15 is 0 Å². The lowest BCUT2D eigenvalue weighted by atomic mass is 10.0. The molecule has 0 amide bonds. The van der Waals surface area contributed by atoms with Crippen LogP contribution in [0, 0.1) is 5.92 Å². The normalized spacial score (nSPS) is 27.6. The smallest absolute Gasteiger partial charge is 0.155 e. The van der Waals surface area contributed by atoms with E-state index in [1.165, 1.54) is 5.57 Å². The second-order valence-electron chi connectivity index (χ2n) is 3.30. The van der Waals surface area contributed by atoms with Crippen molar-refractivity contribution in [2.24, 2.45) is 5.92 Å². The Bertz CT molecular complexity index is 168. The summed E-state index contributed by atoms with van der Waals surface area (Å²) in [6.45, 7) is 4.25. The van der Waals surface area contributed by atoms with Crippen LogP contribution < -0.4 is 0 Å². The van der Waals surface area contributed by atoms with E-state index in [4.69, 9.17) is 0 Å². The lowest BCUT2D eigenvalue weighted by Crippen LogP contribution is -1.94.